The molecule has 0 aliphatic heterocycles. The Balaban J connectivity index is 2.36. The van der Waals surface area contributed by atoms with Gasteiger partial charge in [0.05, 0.1) is 5.56 Å². The van der Waals surface area contributed by atoms with Crippen LogP contribution in [0.5, 0.6) is 11.6 Å². The zero-order chi connectivity index (χ0) is 15.5. The lowest BCUT2D eigenvalue weighted by Gasteiger charge is -2.23. The van der Waals surface area contributed by atoms with Crippen molar-refractivity contribution in [2.75, 3.05) is 0 Å². The van der Waals surface area contributed by atoms with Crippen LogP contribution in [0, 0.1) is 11.3 Å². The summed E-state index contributed by atoms with van der Waals surface area (Å²) in [5.74, 6) is 1.32. The van der Waals surface area contributed by atoms with E-state index in [9.17, 15) is 0 Å². The summed E-state index contributed by atoms with van der Waals surface area (Å²) in [4.78, 5) is 4.17. The third kappa shape index (κ3) is 3.61. The Hall–Kier alpha value is -2.34. The predicted molar refractivity (Wildman–Crippen MR) is 83.5 cm³/mol. The molecule has 108 valence electrons. The molecular weight excluding hydrogens is 260 g/mol. The van der Waals surface area contributed by atoms with Crippen molar-refractivity contribution in [1.29, 1.82) is 5.26 Å². The van der Waals surface area contributed by atoms with Gasteiger partial charge in [-0.3, -0.25) is 0 Å². The van der Waals surface area contributed by atoms with E-state index in [0.717, 1.165) is 17.7 Å². The van der Waals surface area contributed by atoms with Crippen LogP contribution in [-0.4, -0.2) is 4.98 Å². The van der Waals surface area contributed by atoms with E-state index in [2.05, 4.69) is 50.9 Å². The molecule has 2 aromatic rings. The fourth-order valence-corrected chi connectivity index (χ4v) is 2.09. The predicted octanol–water partition coefficient (Wildman–Crippen LogP) is 4.61. The van der Waals surface area contributed by atoms with E-state index in [1.54, 1.807) is 12.1 Å². The first-order chi connectivity index (χ1) is 9.94. The second-order valence-corrected chi connectivity index (χ2v) is 6.03. The Morgan fingerprint density at radius 1 is 1.19 bits per heavy atom. The third-order valence-corrected chi connectivity index (χ3v) is 3.34. The highest BCUT2D eigenvalue weighted by Crippen LogP contribution is 2.34. The topological polar surface area (TPSA) is 45.9 Å². The average Bonchev–Trinajstić information content (AvgIpc) is 2.47. The zero-order valence-electron chi connectivity index (χ0n) is 13.0. The summed E-state index contributed by atoms with van der Waals surface area (Å²) in [5.41, 5.74) is 2.97. The van der Waals surface area contributed by atoms with Crippen molar-refractivity contribution in [3.8, 4) is 17.7 Å². The van der Waals surface area contributed by atoms with Gasteiger partial charge in [0.1, 0.15) is 11.8 Å². The summed E-state index contributed by atoms with van der Waals surface area (Å²) in [6, 6.07) is 11.7. The first kappa shape index (κ1) is 15.1. The van der Waals surface area contributed by atoms with Crippen LogP contribution in [0.4, 0.5) is 0 Å². The number of nitrogens with zero attached hydrogens (tertiary/aromatic N) is 2. The van der Waals surface area contributed by atoms with Gasteiger partial charge in [0.15, 0.2) is 0 Å². The van der Waals surface area contributed by atoms with Crippen LogP contribution in [-0.2, 0) is 11.8 Å². The molecular formula is C18H20N2O. The molecule has 0 saturated carbocycles. The van der Waals surface area contributed by atoms with Crippen LogP contribution in [0.2, 0.25) is 0 Å². The molecule has 2 rings (SSSR count). The number of hydrogen-bond donors (Lipinski definition) is 0. The van der Waals surface area contributed by atoms with Crippen molar-refractivity contribution in [3.63, 3.8) is 0 Å². The van der Waals surface area contributed by atoms with Crippen molar-refractivity contribution in [2.24, 2.45) is 0 Å². The van der Waals surface area contributed by atoms with Crippen molar-refractivity contribution in [1.82, 2.24) is 4.98 Å². The molecule has 0 N–H and O–H groups in total. The summed E-state index contributed by atoms with van der Waals surface area (Å²) < 4.78 is 5.91. The number of nitriles is 1. The van der Waals surface area contributed by atoms with E-state index in [1.165, 1.54) is 11.8 Å². The van der Waals surface area contributed by atoms with Gasteiger partial charge >= 0.3 is 0 Å². The molecule has 0 atom stereocenters. The van der Waals surface area contributed by atoms with Crippen molar-refractivity contribution >= 4 is 0 Å². The summed E-state index contributed by atoms with van der Waals surface area (Å²) in [6.07, 6.45) is 2.52. The average molecular weight is 280 g/mol. The number of aryl methyl sites for hydroxylation is 1. The SMILES string of the molecule is CCc1ccc(Oc2ccc(C#N)cn2)c(C(C)(C)C)c1. The van der Waals surface area contributed by atoms with E-state index in [-0.39, 0.29) is 5.41 Å². The molecule has 0 radical (unpaired) electrons. The first-order valence-corrected chi connectivity index (χ1v) is 7.11. The van der Waals surface area contributed by atoms with Crippen LogP contribution in [0.1, 0.15) is 44.4 Å². The zero-order valence-corrected chi connectivity index (χ0v) is 13.0. The number of rotatable bonds is 3. The van der Waals surface area contributed by atoms with Crippen LogP contribution >= 0.6 is 0 Å². The minimum Gasteiger partial charge on any atom is -0.439 e. The van der Waals surface area contributed by atoms with Gasteiger partial charge in [-0.25, -0.2) is 4.98 Å². The van der Waals surface area contributed by atoms with E-state index in [0.29, 0.717) is 11.4 Å². The van der Waals surface area contributed by atoms with Crippen LogP contribution in [0.3, 0.4) is 0 Å². The molecule has 3 heteroatoms. The van der Waals surface area contributed by atoms with E-state index in [4.69, 9.17) is 10.00 Å². The fraction of sp³-hybridized carbons (Fsp3) is 0.333. The molecule has 0 fully saturated rings. The Morgan fingerprint density at radius 3 is 2.48 bits per heavy atom. The van der Waals surface area contributed by atoms with Gasteiger partial charge in [0.25, 0.3) is 0 Å². The van der Waals surface area contributed by atoms with Crippen molar-refractivity contribution in [2.45, 2.75) is 39.5 Å². The summed E-state index contributed by atoms with van der Waals surface area (Å²) >= 11 is 0. The minimum absolute atomic E-state index is 0.00684. The van der Waals surface area contributed by atoms with Gasteiger partial charge in [-0.15, -0.1) is 0 Å². The maximum Gasteiger partial charge on any atom is 0.219 e. The van der Waals surface area contributed by atoms with Crippen molar-refractivity contribution in [3.05, 3.63) is 53.2 Å². The Kier molecular flexibility index (Phi) is 4.28. The lowest BCUT2D eigenvalue weighted by atomic mass is 9.85. The minimum atomic E-state index is -0.00684. The highest BCUT2D eigenvalue weighted by atomic mass is 16.5. The number of aromatic nitrogens is 1. The monoisotopic (exact) mass is 280 g/mol. The van der Waals surface area contributed by atoms with Gasteiger partial charge in [-0.2, -0.15) is 5.26 Å². The Bertz CT molecular complexity index is 661. The third-order valence-electron chi connectivity index (χ3n) is 3.34. The standard InChI is InChI=1S/C18H20N2O/c1-5-13-6-8-16(15(10-13)18(2,3)4)21-17-9-7-14(11-19)12-20-17/h6-10,12H,5H2,1-4H3. The van der Waals surface area contributed by atoms with E-state index in [1.807, 2.05) is 6.07 Å². The Morgan fingerprint density at radius 2 is 1.95 bits per heavy atom. The van der Waals surface area contributed by atoms with Gasteiger partial charge < -0.3 is 4.74 Å². The molecule has 0 aliphatic carbocycles. The Labute approximate surface area is 126 Å². The van der Waals surface area contributed by atoms with Gasteiger partial charge in [-0.05, 0) is 29.5 Å². The number of pyridine rings is 1. The van der Waals surface area contributed by atoms with Crippen LogP contribution < -0.4 is 4.74 Å². The molecule has 3 nitrogen and oxygen atoms in total. The second-order valence-electron chi connectivity index (χ2n) is 6.03. The molecule has 0 saturated heterocycles. The smallest absolute Gasteiger partial charge is 0.219 e. The molecule has 0 spiro atoms. The van der Waals surface area contributed by atoms with Crippen LogP contribution in [0.25, 0.3) is 0 Å². The van der Waals surface area contributed by atoms with E-state index >= 15 is 0 Å². The molecule has 0 amide bonds. The van der Waals surface area contributed by atoms with Crippen LogP contribution in [0.15, 0.2) is 36.5 Å². The fourth-order valence-electron chi connectivity index (χ4n) is 2.09. The summed E-state index contributed by atoms with van der Waals surface area (Å²) in [6.45, 7) is 8.65. The van der Waals surface area contributed by atoms with Gasteiger partial charge in [-0.1, -0.05) is 39.8 Å². The molecule has 0 aliphatic rings. The highest BCUT2D eigenvalue weighted by molar-refractivity contribution is 5.43. The largest absolute Gasteiger partial charge is 0.439 e. The first-order valence-electron chi connectivity index (χ1n) is 7.11. The number of benzene rings is 1. The lowest BCUT2D eigenvalue weighted by Crippen LogP contribution is -2.13. The van der Waals surface area contributed by atoms with Gasteiger partial charge in [0.2, 0.25) is 5.88 Å². The molecule has 1 aromatic heterocycles. The van der Waals surface area contributed by atoms with E-state index < -0.39 is 0 Å². The molecule has 21 heavy (non-hydrogen) atoms. The number of hydrogen-bond acceptors (Lipinski definition) is 3. The molecule has 0 bridgehead atoms. The lowest BCUT2D eigenvalue weighted by molar-refractivity contribution is 0.439. The second kappa shape index (κ2) is 5.97. The maximum absolute atomic E-state index is 8.80. The summed E-state index contributed by atoms with van der Waals surface area (Å²) in [7, 11) is 0. The molecule has 0 unspecified atom stereocenters. The van der Waals surface area contributed by atoms with Crippen molar-refractivity contribution < 1.29 is 4.74 Å². The van der Waals surface area contributed by atoms with Gasteiger partial charge in [0, 0.05) is 17.8 Å². The normalized spacial score (nSPS) is 11.0. The molecule has 1 aromatic carbocycles. The maximum atomic E-state index is 8.80. The quantitative estimate of drug-likeness (QED) is 0.825. The number of ether oxygens (including phenoxy) is 1. The molecule has 1 heterocycles. The highest BCUT2D eigenvalue weighted by Gasteiger charge is 2.20. The summed E-state index contributed by atoms with van der Waals surface area (Å²) in [5, 5.41) is 8.80.